The van der Waals surface area contributed by atoms with E-state index in [9.17, 15) is 0 Å². The molecule has 3 atom stereocenters. The van der Waals surface area contributed by atoms with Crippen molar-refractivity contribution < 1.29 is 0 Å². The van der Waals surface area contributed by atoms with E-state index in [4.69, 9.17) is 11.6 Å². The summed E-state index contributed by atoms with van der Waals surface area (Å²) in [6, 6.07) is 2.83. The van der Waals surface area contributed by atoms with Crippen LogP contribution in [0.5, 0.6) is 0 Å². The number of hydrogen-bond donors (Lipinski definition) is 1. The summed E-state index contributed by atoms with van der Waals surface area (Å²) in [5.74, 6) is 2.95. The lowest BCUT2D eigenvalue weighted by Crippen LogP contribution is -2.26. The molecule has 1 nitrogen and oxygen atoms in total. The van der Waals surface area contributed by atoms with Gasteiger partial charge in [0.1, 0.15) is 0 Å². The molecule has 1 aromatic heterocycles. The van der Waals surface area contributed by atoms with Crippen molar-refractivity contribution in [3.05, 3.63) is 20.8 Å². The highest BCUT2D eigenvalue weighted by Gasteiger charge is 2.48. The van der Waals surface area contributed by atoms with Gasteiger partial charge in [-0.2, -0.15) is 0 Å². The Bertz CT molecular complexity index is 385. The first kappa shape index (κ1) is 12.0. The van der Waals surface area contributed by atoms with Crippen molar-refractivity contribution in [2.75, 3.05) is 6.54 Å². The average molecular weight is 270 g/mol. The van der Waals surface area contributed by atoms with Gasteiger partial charge in [-0.25, -0.2) is 0 Å². The Hall–Kier alpha value is -0.0500. The zero-order valence-electron chi connectivity index (χ0n) is 10.5. The van der Waals surface area contributed by atoms with Crippen LogP contribution in [-0.4, -0.2) is 6.54 Å². The number of halogens is 1. The molecule has 2 saturated carbocycles. The molecular formula is C14H20ClNS. The van der Waals surface area contributed by atoms with E-state index in [0.29, 0.717) is 6.04 Å². The first-order valence-electron chi connectivity index (χ1n) is 6.68. The molecule has 2 aliphatic carbocycles. The molecule has 0 aromatic carbocycles. The normalized spacial score (nSPS) is 32.5. The van der Waals surface area contributed by atoms with E-state index in [1.807, 2.05) is 0 Å². The minimum atomic E-state index is 0.545. The molecule has 1 aromatic rings. The van der Waals surface area contributed by atoms with Crippen LogP contribution in [0.3, 0.4) is 0 Å². The Morgan fingerprint density at radius 1 is 1.41 bits per heavy atom. The van der Waals surface area contributed by atoms with Crippen molar-refractivity contribution in [2.24, 2.45) is 17.8 Å². The predicted molar refractivity (Wildman–Crippen MR) is 74.8 cm³/mol. The van der Waals surface area contributed by atoms with E-state index in [-0.39, 0.29) is 0 Å². The molecule has 0 spiro atoms. The van der Waals surface area contributed by atoms with Crippen LogP contribution in [0.25, 0.3) is 0 Å². The molecule has 0 radical (unpaired) electrons. The van der Waals surface area contributed by atoms with Crippen molar-refractivity contribution in [1.82, 2.24) is 5.32 Å². The quantitative estimate of drug-likeness (QED) is 0.854. The van der Waals surface area contributed by atoms with Gasteiger partial charge in [-0.1, -0.05) is 18.5 Å². The molecule has 0 saturated heterocycles. The summed E-state index contributed by atoms with van der Waals surface area (Å²) in [5.41, 5.74) is 1.23. The fraction of sp³-hybridized carbons (Fsp3) is 0.714. The molecule has 94 valence electrons. The van der Waals surface area contributed by atoms with E-state index >= 15 is 0 Å². The minimum Gasteiger partial charge on any atom is -0.309 e. The zero-order chi connectivity index (χ0) is 12.0. The van der Waals surface area contributed by atoms with Gasteiger partial charge in [0.2, 0.25) is 0 Å². The summed E-state index contributed by atoms with van der Waals surface area (Å²) in [6.45, 7) is 5.35. The molecule has 3 unspecified atom stereocenters. The van der Waals surface area contributed by atoms with Crippen LogP contribution in [0.4, 0.5) is 0 Å². The van der Waals surface area contributed by atoms with E-state index in [0.717, 1.165) is 28.6 Å². The molecule has 3 heteroatoms. The molecule has 2 aliphatic rings. The third-order valence-electron chi connectivity index (χ3n) is 4.36. The third kappa shape index (κ3) is 2.27. The smallest absolute Gasteiger partial charge is 0.0960 e. The lowest BCUT2D eigenvalue weighted by Gasteiger charge is -2.24. The van der Waals surface area contributed by atoms with Gasteiger partial charge in [-0.05, 0) is 62.1 Å². The molecule has 0 amide bonds. The Labute approximate surface area is 113 Å². The lowest BCUT2D eigenvalue weighted by atomic mass is 9.93. The van der Waals surface area contributed by atoms with E-state index < -0.39 is 0 Å². The standard InChI is InChI=1S/C14H20ClNS/c1-3-16-13(11-6-9-5-10(9)7-11)12-4-8(2)14(15)17-12/h4,9-11,13,16H,3,5-7H2,1-2H3. The molecule has 2 fully saturated rings. The predicted octanol–water partition coefficient (Wildman–Crippen LogP) is 4.41. The van der Waals surface area contributed by atoms with E-state index in [1.54, 1.807) is 11.3 Å². The van der Waals surface area contributed by atoms with Crippen LogP contribution < -0.4 is 5.32 Å². The Morgan fingerprint density at radius 3 is 2.65 bits per heavy atom. The van der Waals surface area contributed by atoms with Crippen LogP contribution in [-0.2, 0) is 0 Å². The van der Waals surface area contributed by atoms with Crippen LogP contribution in [0, 0.1) is 24.7 Å². The maximum absolute atomic E-state index is 6.21. The van der Waals surface area contributed by atoms with E-state index in [1.165, 1.54) is 29.7 Å². The molecule has 1 N–H and O–H groups in total. The van der Waals surface area contributed by atoms with E-state index in [2.05, 4.69) is 25.2 Å². The summed E-state index contributed by atoms with van der Waals surface area (Å²) in [7, 11) is 0. The van der Waals surface area contributed by atoms with Crippen molar-refractivity contribution in [1.29, 1.82) is 0 Å². The van der Waals surface area contributed by atoms with Crippen molar-refractivity contribution in [2.45, 2.75) is 39.2 Å². The SMILES string of the molecule is CCNC(c1cc(C)c(Cl)s1)C1CC2CC2C1. The van der Waals surface area contributed by atoms with Gasteiger partial charge in [0, 0.05) is 10.9 Å². The molecule has 0 aliphatic heterocycles. The summed E-state index contributed by atoms with van der Waals surface area (Å²) < 4.78 is 0.964. The highest BCUT2D eigenvalue weighted by Crippen LogP contribution is 2.57. The summed E-state index contributed by atoms with van der Waals surface area (Å²) in [4.78, 5) is 1.45. The summed E-state index contributed by atoms with van der Waals surface area (Å²) in [6.07, 6.45) is 4.35. The van der Waals surface area contributed by atoms with Gasteiger partial charge in [0.05, 0.1) is 4.34 Å². The highest BCUT2D eigenvalue weighted by molar-refractivity contribution is 7.16. The number of nitrogens with one attached hydrogen (secondary N) is 1. The molecule has 0 bridgehead atoms. The van der Waals surface area contributed by atoms with Crippen molar-refractivity contribution in [3.63, 3.8) is 0 Å². The number of hydrogen-bond acceptors (Lipinski definition) is 2. The monoisotopic (exact) mass is 269 g/mol. The van der Waals surface area contributed by atoms with Gasteiger partial charge in [-0.3, -0.25) is 0 Å². The molecule has 3 rings (SSSR count). The van der Waals surface area contributed by atoms with Gasteiger partial charge in [0.15, 0.2) is 0 Å². The first-order valence-corrected chi connectivity index (χ1v) is 7.87. The topological polar surface area (TPSA) is 12.0 Å². The molecule has 1 heterocycles. The van der Waals surface area contributed by atoms with Gasteiger partial charge >= 0.3 is 0 Å². The number of rotatable bonds is 4. The fourth-order valence-corrected chi connectivity index (χ4v) is 4.78. The fourth-order valence-electron chi connectivity index (χ4n) is 3.39. The second-order valence-electron chi connectivity index (χ2n) is 5.63. The Kier molecular flexibility index (Phi) is 3.22. The average Bonchev–Trinajstić information content (AvgIpc) is 2.76. The lowest BCUT2D eigenvalue weighted by molar-refractivity contribution is 0.351. The number of aryl methyl sites for hydroxylation is 1. The Morgan fingerprint density at radius 2 is 2.12 bits per heavy atom. The molecular weight excluding hydrogens is 250 g/mol. The number of fused-ring (bicyclic) bond motifs is 1. The number of thiophene rings is 1. The maximum atomic E-state index is 6.21. The van der Waals surface area contributed by atoms with Gasteiger partial charge in [-0.15, -0.1) is 11.3 Å². The summed E-state index contributed by atoms with van der Waals surface area (Å²) >= 11 is 7.98. The van der Waals surface area contributed by atoms with Crippen LogP contribution >= 0.6 is 22.9 Å². The zero-order valence-corrected chi connectivity index (χ0v) is 12.1. The van der Waals surface area contributed by atoms with Gasteiger partial charge < -0.3 is 5.32 Å². The largest absolute Gasteiger partial charge is 0.309 e. The second-order valence-corrected chi connectivity index (χ2v) is 7.31. The van der Waals surface area contributed by atoms with Gasteiger partial charge in [0.25, 0.3) is 0 Å². The van der Waals surface area contributed by atoms with Crippen molar-refractivity contribution in [3.8, 4) is 0 Å². The van der Waals surface area contributed by atoms with Crippen LogP contribution in [0.1, 0.15) is 42.7 Å². The first-order chi connectivity index (χ1) is 8.19. The Balaban J connectivity index is 1.79. The third-order valence-corrected chi connectivity index (χ3v) is 6.00. The minimum absolute atomic E-state index is 0.545. The summed E-state index contributed by atoms with van der Waals surface area (Å²) in [5, 5.41) is 3.67. The molecule has 17 heavy (non-hydrogen) atoms. The van der Waals surface area contributed by atoms with Crippen molar-refractivity contribution >= 4 is 22.9 Å². The highest BCUT2D eigenvalue weighted by atomic mass is 35.5. The van der Waals surface area contributed by atoms with Crippen LogP contribution in [0.2, 0.25) is 4.34 Å². The maximum Gasteiger partial charge on any atom is 0.0960 e. The second kappa shape index (κ2) is 4.56. The van der Waals surface area contributed by atoms with Crippen LogP contribution in [0.15, 0.2) is 6.07 Å².